The minimum atomic E-state index is -0.962. The Hall–Kier alpha value is -1.62. The summed E-state index contributed by atoms with van der Waals surface area (Å²) in [6, 6.07) is 2.03. The second-order valence-electron chi connectivity index (χ2n) is 7.18. The number of carbonyl (C=O) groups excluding carboxylic acids is 1. The van der Waals surface area contributed by atoms with E-state index >= 15 is 0 Å². The molecule has 2 rings (SSSR count). The van der Waals surface area contributed by atoms with Crippen LogP contribution in [0.15, 0.2) is 12.3 Å². The Kier molecular flexibility index (Phi) is 4.47. The van der Waals surface area contributed by atoms with Gasteiger partial charge in [-0.05, 0) is 58.6 Å². The van der Waals surface area contributed by atoms with Gasteiger partial charge in [0, 0.05) is 19.3 Å². The molecule has 0 saturated carbocycles. The maximum absolute atomic E-state index is 12.1. The number of amides is 1. The van der Waals surface area contributed by atoms with Crippen LogP contribution in [0.3, 0.4) is 0 Å². The van der Waals surface area contributed by atoms with Gasteiger partial charge in [-0.15, -0.1) is 0 Å². The van der Waals surface area contributed by atoms with Crippen molar-refractivity contribution in [1.29, 1.82) is 0 Å². The highest BCUT2D eigenvalue weighted by Gasteiger charge is 2.38. The molecule has 0 bridgehead atoms. The first-order valence-electron chi connectivity index (χ1n) is 7.75. The lowest BCUT2D eigenvalue weighted by Crippen LogP contribution is -2.47. The first-order valence-corrected chi connectivity index (χ1v) is 7.75. The summed E-state index contributed by atoms with van der Waals surface area (Å²) < 4.78 is 5.38. The van der Waals surface area contributed by atoms with Crippen molar-refractivity contribution in [3.05, 3.63) is 29.1 Å². The fourth-order valence-electron chi connectivity index (χ4n) is 2.82. The molecule has 1 saturated heterocycles. The number of likely N-dealkylation sites (tertiary alicyclic amines) is 1. The van der Waals surface area contributed by atoms with E-state index in [0.717, 1.165) is 16.8 Å². The zero-order chi connectivity index (χ0) is 16.5. The minimum absolute atomic E-state index is 0.317. The number of hydrogen-bond acceptors (Lipinski definition) is 4. The summed E-state index contributed by atoms with van der Waals surface area (Å²) in [6.07, 6.45) is 2.41. The monoisotopic (exact) mass is 306 g/mol. The zero-order valence-electron chi connectivity index (χ0n) is 14.1. The van der Waals surface area contributed by atoms with Crippen molar-refractivity contribution in [3.63, 3.8) is 0 Å². The van der Waals surface area contributed by atoms with Crippen LogP contribution in [0.1, 0.15) is 50.4 Å². The molecule has 1 N–H and O–H groups in total. The molecule has 1 aromatic rings. The third-order valence-electron chi connectivity index (χ3n) is 3.90. The Labute approximate surface area is 132 Å². The first-order chi connectivity index (χ1) is 10.1. The number of aliphatic hydroxyl groups is 1. The van der Waals surface area contributed by atoms with Crippen molar-refractivity contribution in [2.75, 3.05) is 13.1 Å². The Morgan fingerprint density at radius 3 is 2.41 bits per heavy atom. The molecule has 0 aromatic carbocycles. The molecule has 1 aromatic heterocycles. The first kappa shape index (κ1) is 16.7. The van der Waals surface area contributed by atoms with Gasteiger partial charge >= 0.3 is 6.09 Å². The predicted molar refractivity (Wildman–Crippen MR) is 84.6 cm³/mol. The predicted octanol–water partition coefficient (Wildman–Crippen LogP) is 2.92. The maximum atomic E-state index is 12.1. The van der Waals surface area contributed by atoms with Crippen LogP contribution in [-0.2, 0) is 10.3 Å². The molecule has 0 aliphatic carbocycles. The van der Waals surface area contributed by atoms with Crippen molar-refractivity contribution in [3.8, 4) is 0 Å². The Morgan fingerprint density at radius 2 is 1.91 bits per heavy atom. The van der Waals surface area contributed by atoms with E-state index in [9.17, 15) is 9.90 Å². The van der Waals surface area contributed by atoms with Crippen LogP contribution in [0, 0.1) is 13.8 Å². The summed E-state index contributed by atoms with van der Waals surface area (Å²) >= 11 is 0. The summed E-state index contributed by atoms with van der Waals surface area (Å²) in [5, 5.41) is 10.9. The van der Waals surface area contributed by atoms with Gasteiger partial charge in [-0.25, -0.2) is 4.79 Å². The number of carbonyl (C=O) groups is 1. The van der Waals surface area contributed by atoms with E-state index < -0.39 is 11.2 Å². The van der Waals surface area contributed by atoms with Crippen LogP contribution in [0.5, 0.6) is 0 Å². The Balaban J connectivity index is 2.06. The quantitative estimate of drug-likeness (QED) is 0.866. The number of nitrogens with zero attached hydrogens (tertiary/aromatic N) is 2. The summed E-state index contributed by atoms with van der Waals surface area (Å²) in [5.41, 5.74) is 1.34. The lowest BCUT2D eigenvalue weighted by molar-refractivity contribution is -0.0385. The molecule has 122 valence electrons. The molecule has 5 nitrogen and oxygen atoms in total. The highest BCUT2D eigenvalue weighted by molar-refractivity contribution is 5.68. The van der Waals surface area contributed by atoms with E-state index in [4.69, 9.17) is 4.74 Å². The Bertz CT molecular complexity index is 556. The van der Waals surface area contributed by atoms with Gasteiger partial charge in [-0.1, -0.05) is 6.07 Å². The molecular weight excluding hydrogens is 280 g/mol. The van der Waals surface area contributed by atoms with E-state index in [1.165, 1.54) is 0 Å². The molecule has 1 aliphatic heterocycles. The third-order valence-corrected chi connectivity index (χ3v) is 3.90. The van der Waals surface area contributed by atoms with Gasteiger partial charge in [-0.3, -0.25) is 4.98 Å². The van der Waals surface area contributed by atoms with Crippen LogP contribution >= 0.6 is 0 Å². The molecule has 2 heterocycles. The molecular formula is C17H26N2O3. The smallest absolute Gasteiger partial charge is 0.410 e. The molecule has 22 heavy (non-hydrogen) atoms. The summed E-state index contributed by atoms with van der Waals surface area (Å²) in [4.78, 5) is 18.2. The molecule has 0 atom stereocenters. The fraction of sp³-hybridized carbons (Fsp3) is 0.647. The van der Waals surface area contributed by atoms with Gasteiger partial charge in [0.2, 0.25) is 0 Å². The summed E-state index contributed by atoms with van der Waals surface area (Å²) in [6.45, 7) is 10.5. The van der Waals surface area contributed by atoms with Gasteiger partial charge < -0.3 is 14.7 Å². The molecule has 0 spiro atoms. The molecule has 1 fully saturated rings. The number of rotatable bonds is 1. The average molecular weight is 306 g/mol. The number of aryl methyl sites for hydroxylation is 2. The third kappa shape index (κ3) is 3.77. The van der Waals surface area contributed by atoms with E-state index in [0.29, 0.717) is 25.9 Å². The number of aromatic nitrogens is 1. The van der Waals surface area contributed by atoms with Crippen molar-refractivity contribution in [1.82, 2.24) is 9.88 Å². The largest absolute Gasteiger partial charge is 0.444 e. The van der Waals surface area contributed by atoms with Gasteiger partial charge in [0.05, 0.1) is 5.69 Å². The van der Waals surface area contributed by atoms with Crippen molar-refractivity contribution < 1.29 is 14.6 Å². The molecule has 0 radical (unpaired) electrons. The molecule has 1 aliphatic rings. The zero-order valence-corrected chi connectivity index (χ0v) is 14.1. The average Bonchev–Trinajstić information content (AvgIpc) is 2.36. The normalized spacial score (nSPS) is 18.2. The van der Waals surface area contributed by atoms with Crippen molar-refractivity contribution in [2.45, 2.75) is 58.7 Å². The van der Waals surface area contributed by atoms with Crippen LogP contribution in [0.2, 0.25) is 0 Å². The summed E-state index contributed by atoms with van der Waals surface area (Å²) in [7, 11) is 0. The maximum Gasteiger partial charge on any atom is 0.410 e. The van der Waals surface area contributed by atoms with Crippen LogP contribution < -0.4 is 0 Å². The van der Waals surface area contributed by atoms with Crippen LogP contribution in [0.4, 0.5) is 4.79 Å². The van der Waals surface area contributed by atoms with E-state index in [-0.39, 0.29) is 6.09 Å². The second-order valence-corrected chi connectivity index (χ2v) is 7.18. The van der Waals surface area contributed by atoms with Gasteiger partial charge in [-0.2, -0.15) is 0 Å². The van der Waals surface area contributed by atoms with Gasteiger partial charge in [0.1, 0.15) is 11.2 Å². The summed E-state index contributed by atoms with van der Waals surface area (Å²) in [5.74, 6) is 0. The highest BCUT2D eigenvalue weighted by atomic mass is 16.6. The fourth-order valence-corrected chi connectivity index (χ4v) is 2.82. The molecule has 1 amide bonds. The molecule has 0 unspecified atom stereocenters. The second kappa shape index (κ2) is 5.88. The van der Waals surface area contributed by atoms with E-state index in [2.05, 4.69) is 4.98 Å². The minimum Gasteiger partial charge on any atom is -0.444 e. The van der Waals surface area contributed by atoms with Crippen LogP contribution in [0.25, 0.3) is 0 Å². The number of piperidine rings is 1. The van der Waals surface area contributed by atoms with Gasteiger partial charge in [0.25, 0.3) is 0 Å². The van der Waals surface area contributed by atoms with E-state index in [1.807, 2.05) is 40.7 Å². The molecule has 5 heteroatoms. The van der Waals surface area contributed by atoms with Crippen molar-refractivity contribution in [2.24, 2.45) is 0 Å². The SMILES string of the molecule is Cc1cnc(C2(O)CCN(C(=O)OC(C)(C)C)CC2)c(C)c1. The topological polar surface area (TPSA) is 62.7 Å². The lowest BCUT2D eigenvalue weighted by atomic mass is 9.85. The number of pyridine rings is 1. The highest BCUT2D eigenvalue weighted by Crippen LogP contribution is 2.34. The Morgan fingerprint density at radius 1 is 1.32 bits per heavy atom. The standard InChI is InChI=1S/C17H26N2O3/c1-12-10-13(2)14(18-11-12)17(21)6-8-19(9-7-17)15(20)22-16(3,4)5/h10-11,21H,6-9H2,1-5H3. The van der Waals surface area contributed by atoms with Crippen molar-refractivity contribution >= 4 is 6.09 Å². The lowest BCUT2D eigenvalue weighted by Gasteiger charge is -2.38. The van der Waals surface area contributed by atoms with E-state index in [1.54, 1.807) is 11.1 Å². The number of ether oxygens (including phenoxy) is 1. The number of hydrogen-bond donors (Lipinski definition) is 1. The van der Waals surface area contributed by atoms with Crippen LogP contribution in [-0.4, -0.2) is 39.8 Å². The van der Waals surface area contributed by atoms with Gasteiger partial charge in [0.15, 0.2) is 0 Å².